The minimum atomic E-state index is -0.0366. The van der Waals surface area contributed by atoms with Gasteiger partial charge >= 0.3 is 5.97 Å². The van der Waals surface area contributed by atoms with Crippen molar-refractivity contribution in [1.82, 2.24) is 0 Å². The van der Waals surface area contributed by atoms with Gasteiger partial charge in [0.25, 0.3) is 0 Å². The zero-order valence-corrected chi connectivity index (χ0v) is 13.2. The molecule has 0 aromatic rings. The molecule has 0 aliphatic heterocycles. The molecule has 0 saturated carbocycles. The van der Waals surface area contributed by atoms with Gasteiger partial charge in [0, 0.05) is 13.0 Å². The van der Waals surface area contributed by atoms with Gasteiger partial charge in [-0.25, -0.2) is 0 Å². The number of aliphatic hydroxyl groups is 1. The lowest BCUT2D eigenvalue weighted by molar-refractivity contribution is -0.143. The third-order valence-corrected chi connectivity index (χ3v) is 2.79. The third kappa shape index (κ3) is 23.0. The van der Waals surface area contributed by atoms with E-state index < -0.39 is 0 Å². The first kappa shape index (κ1) is 20.7. The number of esters is 1. The molecule has 1 N–H and O–H groups in total. The van der Waals surface area contributed by atoms with Gasteiger partial charge in [0.15, 0.2) is 0 Å². The summed E-state index contributed by atoms with van der Waals surface area (Å²) in [5, 5.41) is 7.57. The summed E-state index contributed by atoms with van der Waals surface area (Å²) in [4.78, 5) is 11.0. The fourth-order valence-electron chi connectivity index (χ4n) is 1.81. The Bertz CT molecular complexity index is 169. The minimum absolute atomic E-state index is 0.0366. The van der Waals surface area contributed by atoms with Gasteiger partial charge in [-0.15, -0.1) is 0 Å². The molecular weight excluding hydrogens is 240 g/mol. The number of carbonyl (C=O) groups is 1. The molecular formula is C16H34O3. The Balaban J connectivity index is 0. The van der Waals surface area contributed by atoms with Crippen molar-refractivity contribution >= 4 is 5.97 Å². The van der Waals surface area contributed by atoms with Gasteiger partial charge in [-0.1, -0.05) is 58.3 Å². The molecule has 0 aromatic carbocycles. The summed E-state index contributed by atoms with van der Waals surface area (Å²) >= 11 is 0. The van der Waals surface area contributed by atoms with Gasteiger partial charge < -0.3 is 9.84 Å². The van der Waals surface area contributed by atoms with Crippen LogP contribution >= 0.6 is 0 Å². The van der Waals surface area contributed by atoms with Crippen molar-refractivity contribution in [2.45, 2.75) is 85.0 Å². The van der Waals surface area contributed by atoms with Crippen LogP contribution in [0.1, 0.15) is 85.0 Å². The Morgan fingerprint density at radius 2 is 1.26 bits per heavy atom. The van der Waals surface area contributed by atoms with E-state index in [0.29, 0.717) is 13.0 Å². The molecule has 0 saturated heterocycles. The van der Waals surface area contributed by atoms with Crippen LogP contribution in [-0.4, -0.2) is 24.3 Å². The Labute approximate surface area is 119 Å². The van der Waals surface area contributed by atoms with Crippen LogP contribution in [0.25, 0.3) is 0 Å². The van der Waals surface area contributed by atoms with E-state index in [-0.39, 0.29) is 12.6 Å². The molecule has 0 aromatic heterocycles. The van der Waals surface area contributed by atoms with Crippen LogP contribution in [-0.2, 0) is 9.53 Å². The van der Waals surface area contributed by atoms with Gasteiger partial charge in [-0.2, -0.15) is 0 Å². The molecule has 0 radical (unpaired) electrons. The monoisotopic (exact) mass is 274 g/mol. The average molecular weight is 274 g/mol. The third-order valence-electron chi connectivity index (χ3n) is 2.79. The zero-order chi connectivity index (χ0) is 14.8. The van der Waals surface area contributed by atoms with Crippen LogP contribution in [0.2, 0.25) is 0 Å². The highest BCUT2D eigenvalue weighted by Gasteiger charge is 2.00. The number of ether oxygens (including phenoxy) is 1. The van der Waals surface area contributed by atoms with Gasteiger partial charge in [0.2, 0.25) is 0 Å². The maximum absolute atomic E-state index is 11.0. The Hall–Kier alpha value is -0.570. The molecule has 0 aliphatic carbocycles. The van der Waals surface area contributed by atoms with Crippen molar-refractivity contribution in [3.8, 4) is 0 Å². The van der Waals surface area contributed by atoms with Crippen molar-refractivity contribution in [1.29, 1.82) is 0 Å². The number of carbonyl (C=O) groups excluding carboxylic acids is 1. The first-order valence-electron chi connectivity index (χ1n) is 7.99. The maximum Gasteiger partial charge on any atom is 0.305 e. The van der Waals surface area contributed by atoms with E-state index in [4.69, 9.17) is 9.84 Å². The summed E-state index contributed by atoms with van der Waals surface area (Å²) in [6.07, 6.45) is 12.2. The van der Waals surface area contributed by atoms with E-state index in [0.717, 1.165) is 6.42 Å². The molecule has 0 rings (SSSR count). The number of hydrogen-bond donors (Lipinski definition) is 1. The Kier molecular flexibility index (Phi) is 21.6. The molecule has 0 heterocycles. The summed E-state index contributed by atoms with van der Waals surface area (Å²) < 4.78 is 4.87. The van der Waals surface area contributed by atoms with Gasteiger partial charge in [0.1, 0.15) is 0 Å². The second kappa shape index (κ2) is 19.8. The summed E-state index contributed by atoms with van der Waals surface area (Å²) in [6, 6.07) is 0. The second-order valence-corrected chi connectivity index (χ2v) is 4.70. The second-order valence-electron chi connectivity index (χ2n) is 4.70. The first-order valence-corrected chi connectivity index (χ1v) is 7.99. The predicted molar refractivity (Wildman–Crippen MR) is 81.2 cm³/mol. The highest BCUT2D eigenvalue weighted by atomic mass is 16.5. The Morgan fingerprint density at radius 3 is 1.68 bits per heavy atom. The van der Waals surface area contributed by atoms with Crippen molar-refractivity contribution in [3.05, 3.63) is 0 Å². The molecule has 0 aliphatic rings. The molecule has 0 unspecified atom stereocenters. The number of rotatable bonds is 11. The largest absolute Gasteiger partial charge is 0.466 e. The molecule has 3 heteroatoms. The molecule has 0 atom stereocenters. The molecule has 3 nitrogen and oxygen atoms in total. The van der Waals surface area contributed by atoms with Crippen molar-refractivity contribution in [3.63, 3.8) is 0 Å². The van der Waals surface area contributed by atoms with Crippen LogP contribution in [0.4, 0.5) is 0 Å². The first-order chi connectivity index (χ1) is 9.22. The average Bonchev–Trinajstić information content (AvgIpc) is 2.38. The Morgan fingerprint density at radius 1 is 0.842 bits per heavy atom. The van der Waals surface area contributed by atoms with E-state index >= 15 is 0 Å². The highest BCUT2D eigenvalue weighted by Crippen LogP contribution is 2.10. The SMILES string of the molecule is CCCCCCCCCCCC(=O)OCC.CCO. The molecule has 19 heavy (non-hydrogen) atoms. The van der Waals surface area contributed by atoms with Gasteiger partial charge in [0.05, 0.1) is 6.61 Å². The van der Waals surface area contributed by atoms with Crippen LogP contribution < -0.4 is 0 Å². The fraction of sp³-hybridized carbons (Fsp3) is 0.938. The van der Waals surface area contributed by atoms with Crippen LogP contribution in [0.15, 0.2) is 0 Å². The van der Waals surface area contributed by atoms with Crippen LogP contribution in [0.3, 0.4) is 0 Å². The number of hydrogen-bond acceptors (Lipinski definition) is 3. The van der Waals surface area contributed by atoms with Crippen LogP contribution in [0, 0.1) is 0 Å². The quantitative estimate of drug-likeness (QED) is 0.446. The molecule has 0 spiro atoms. The summed E-state index contributed by atoms with van der Waals surface area (Å²) in [5.74, 6) is -0.0366. The lowest BCUT2D eigenvalue weighted by atomic mass is 10.1. The smallest absolute Gasteiger partial charge is 0.305 e. The predicted octanol–water partition coefficient (Wildman–Crippen LogP) is 4.47. The van der Waals surface area contributed by atoms with E-state index in [2.05, 4.69) is 6.92 Å². The number of unbranched alkanes of at least 4 members (excludes halogenated alkanes) is 8. The summed E-state index contributed by atoms with van der Waals surface area (Å²) in [7, 11) is 0. The fourth-order valence-corrected chi connectivity index (χ4v) is 1.81. The van der Waals surface area contributed by atoms with E-state index in [1.807, 2.05) is 6.92 Å². The minimum Gasteiger partial charge on any atom is -0.466 e. The van der Waals surface area contributed by atoms with Gasteiger partial charge in [-0.05, 0) is 20.3 Å². The molecule has 0 bridgehead atoms. The van der Waals surface area contributed by atoms with E-state index in [9.17, 15) is 4.79 Å². The highest BCUT2D eigenvalue weighted by molar-refractivity contribution is 5.69. The van der Waals surface area contributed by atoms with E-state index in [1.165, 1.54) is 51.4 Å². The van der Waals surface area contributed by atoms with Gasteiger partial charge in [-0.3, -0.25) is 4.79 Å². The lowest BCUT2D eigenvalue weighted by Gasteiger charge is -2.02. The van der Waals surface area contributed by atoms with Crippen molar-refractivity contribution in [2.75, 3.05) is 13.2 Å². The standard InChI is InChI=1S/C14H28O2.C2H6O/c1-3-5-6-7-8-9-10-11-12-13-14(15)16-4-2;1-2-3/h3-13H2,1-2H3;3H,2H2,1H3. The van der Waals surface area contributed by atoms with Crippen molar-refractivity contribution in [2.24, 2.45) is 0 Å². The lowest BCUT2D eigenvalue weighted by Crippen LogP contribution is -2.03. The summed E-state index contributed by atoms with van der Waals surface area (Å²) in [5.41, 5.74) is 0. The molecule has 116 valence electrons. The number of aliphatic hydroxyl groups excluding tert-OH is 1. The van der Waals surface area contributed by atoms with Crippen molar-refractivity contribution < 1.29 is 14.6 Å². The summed E-state index contributed by atoms with van der Waals surface area (Å²) in [6.45, 7) is 6.54. The maximum atomic E-state index is 11.0. The zero-order valence-electron chi connectivity index (χ0n) is 13.2. The molecule has 0 amide bonds. The normalized spacial score (nSPS) is 9.68. The van der Waals surface area contributed by atoms with E-state index in [1.54, 1.807) is 6.92 Å². The van der Waals surface area contributed by atoms with Crippen LogP contribution in [0.5, 0.6) is 0 Å². The topological polar surface area (TPSA) is 46.5 Å². The molecule has 0 fully saturated rings.